The number of aryl methyl sites for hydroxylation is 1. The lowest BCUT2D eigenvalue weighted by molar-refractivity contribution is -0.141. The summed E-state index contributed by atoms with van der Waals surface area (Å²) >= 11 is 0. The Hall–Kier alpha value is -3.17. The smallest absolute Gasteiger partial charge is 0.435 e. The summed E-state index contributed by atoms with van der Waals surface area (Å²) in [5.41, 5.74) is -0.228. The minimum absolute atomic E-state index is 0.132. The Balaban J connectivity index is 1.82. The number of hydrogen-bond acceptors (Lipinski definition) is 4. The summed E-state index contributed by atoms with van der Waals surface area (Å²) in [7, 11) is 0. The topological polar surface area (TPSA) is 84.8 Å². The fourth-order valence-electron chi connectivity index (χ4n) is 2.57. The zero-order valence-corrected chi connectivity index (χ0v) is 13.6. The number of para-hydroxylation sites is 1. The third-order valence-corrected chi connectivity index (χ3v) is 3.72. The molecule has 0 aliphatic rings. The molecule has 1 amide bonds. The average molecular weight is 365 g/mol. The summed E-state index contributed by atoms with van der Waals surface area (Å²) in [5.74, 6) is -0.932. The molecule has 1 aromatic carbocycles. The number of amides is 1. The summed E-state index contributed by atoms with van der Waals surface area (Å²) in [4.78, 5) is 11.9. The van der Waals surface area contributed by atoms with Gasteiger partial charge in [-0.15, -0.1) is 10.2 Å². The molecule has 7 nitrogen and oxygen atoms in total. The van der Waals surface area contributed by atoms with Crippen molar-refractivity contribution in [2.24, 2.45) is 10.2 Å². The van der Waals surface area contributed by atoms with Crippen LogP contribution in [0.1, 0.15) is 12.6 Å². The number of benzene rings is 1. The van der Waals surface area contributed by atoms with E-state index in [0.29, 0.717) is 11.9 Å². The molecule has 0 fully saturated rings. The maximum Gasteiger partial charge on any atom is 0.435 e. The van der Waals surface area contributed by atoms with Crippen LogP contribution in [0.25, 0.3) is 10.9 Å². The lowest BCUT2D eigenvalue weighted by Gasteiger charge is -2.01. The molecular weight excluding hydrogens is 351 g/mol. The molecule has 0 spiro atoms. The van der Waals surface area contributed by atoms with Crippen molar-refractivity contribution < 1.29 is 23.1 Å². The highest BCUT2D eigenvalue weighted by Gasteiger charge is 2.33. The van der Waals surface area contributed by atoms with Crippen molar-refractivity contribution >= 4 is 22.5 Å². The summed E-state index contributed by atoms with van der Waals surface area (Å²) < 4.78 is 40.0. The van der Waals surface area contributed by atoms with Gasteiger partial charge in [-0.05, 0) is 19.1 Å². The van der Waals surface area contributed by atoms with Gasteiger partial charge in [0.2, 0.25) is 5.88 Å². The first kappa shape index (κ1) is 17.6. The predicted molar refractivity (Wildman–Crippen MR) is 86.0 cm³/mol. The minimum Gasteiger partial charge on any atom is -0.493 e. The van der Waals surface area contributed by atoms with Crippen molar-refractivity contribution in [1.82, 2.24) is 14.3 Å². The molecule has 136 valence electrons. The maximum absolute atomic E-state index is 12.5. The molecule has 0 aliphatic carbocycles. The van der Waals surface area contributed by atoms with E-state index in [0.717, 1.165) is 22.5 Å². The molecule has 26 heavy (non-hydrogen) atoms. The van der Waals surface area contributed by atoms with E-state index in [2.05, 4.69) is 15.3 Å². The predicted octanol–water partition coefficient (Wildman–Crippen LogP) is 3.89. The first-order chi connectivity index (χ1) is 12.3. The van der Waals surface area contributed by atoms with Gasteiger partial charge in [0, 0.05) is 18.1 Å². The summed E-state index contributed by atoms with van der Waals surface area (Å²) in [6.07, 6.45) is -3.54. The number of nitrogens with zero attached hydrogens (tertiary/aromatic N) is 5. The number of halogens is 3. The molecule has 2 aromatic heterocycles. The highest BCUT2D eigenvalue weighted by Crippen LogP contribution is 2.38. The van der Waals surface area contributed by atoms with Gasteiger partial charge in [-0.25, -0.2) is 0 Å². The highest BCUT2D eigenvalue weighted by atomic mass is 19.4. The van der Waals surface area contributed by atoms with Gasteiger partial charge in [0.05, 0.1) is 5.52 Å². The SMILES string of the molecule is CCn1c(O)c(N=NC(=O)Cn2ccc(C(F)(F)F)n2)c2ccccc21. The number of carbonyl (C=O) groups is 1. The lowest BCUT2D eigenvalue weighted by Crippen LogP contribution is -2.11. The standard InChI is InChI=1S/C16H14F3N5O2/c1-2-24-11-6-4-3-5-10(11)14(15(24)26)21-20-13(25)9-23-8-7-12(22-23)16(17,18)19/h3-8,26H,2,9H2,1H3. The molecule has 10 heteroatoms. The summed E-state index contributed by atoms with van der Waals surface area (Å²) in [6.45, 7) is 1.84. The first-order valence-electron chi connectivity index (χ1n) is 7.66. The molecule has 0 aliphatic heterocycles. The Labute approximate surface area is 145 Å². The van der Waals surface area contributed by atoms with Gasteiger partial charge in [-0.1, -0.05) is 18.2 Å². The van der Waals surface area contributed by atoms with Crippen LogP contribution in [-0.4, -0.2) is 25.4 Å². The van der Waals surface area contributed by atoms with Crippen LogP contribution in [0, 0.1) is 0 Å². The van der Waals surface area contributed by atoms with E-state index < -0.39 is 24.3 Å². The minimum atomic E-state index is -4.58. The molecule has 0 unspecified atom stereocenters. The molecule has 3 aromatic rings. The quantitative estimate of drug-likeness (QED) is 0.712. The van der Waals surface area contributed by atoms with E-state index in [1.54, 1.807) is 28.8 Å². The number of carbonyl (C=O) groups excluding carboxylic acids is 1. The van der Waals surface area contributed by atoms with E-state index >= 15 is 0 Å². The highest BCUT2D eigenvalue weighted by molar-refractivity contribution is 5.95. The van der Waals surface area contributed by atoms with Crippen molar-refractivity contribution in [2.45, 2.75) is 26.2 Å². The van der Waals surface area contributed by atoms with Gasteiger partial charge in [0.15, 0.2) is 11.4 Å². The molecule has 3 rings (SSSR count). The number of fused-ring (bicyclic) bond motifs is 1. The van der Waals surface area contributed by atoms with Gasteiger partial charge in [0.25, 0.3) is 5.91 Å². The van der Waals surface area contributed by atoms with Crippen molar-refractivity contribution in [2.75, 3.05) is 0 Å². The lowest BCUT2D eigenvalue weighted by atomic mass is 10.2. The molecule has 0 saturated heterocycles. The van der Waals surface area contributed by atoms with Crippen LogP contribution in [0.3, 0.4) is 0 Å². The van der Waals surface area contributed by atoms with Crippen LogP contribution >= 0.6 is 0 Å². The van der Waals surface area contributed by atoms with Crippen molar-refractivity contribution in [3.63, 3.8) is 0 Å². The number of aromatic hydroxyl groups is 1. The summed E-state index contributed by atoms with van der Waals surface area (Å²) in [5, 5.41) is 21.4. The second-order valence-electron chi connectivity index (χ2n) is 5.42. The third-order valence-electron chi connectivity index (χ3n) is 3.72. The van der Waals surface area contributed by atoms with Crippen LogP contribution in [-0.2, 0) is 24.1 Å². The molecule has 0 radical (unpaired) electrons. The molecular formula is C16H14F3N5O2. The van der Waals surface area contributed by atoms with E-state index in [1.807, 2.05) is 6.92 Å². The average Bonchev–Trinajstić information content (AvgIpc) is 3.15. The number of alkyl halides is 3. The van der Waals surface area contributed by atoms with Gasteiger partial charge in [-0.3, -0.25) is 9.48 Å². The normalized spacial score (nSPS) is 12.3. The van der Waals surface area contributed by atoms with Crippen LogP contribution < -0.4 is 0 Å². The van der Waals surface area contributed by atoms with Gasteiger partial charge in [-0.2, -0.15) is 18.3 Å². The third kappa shape index (κ3) is 3.30. The van der Waals surface area contributed by atoms with Crippen molar-refractivity contribution in [3.8, 4) is 5.88 Å². The number of aromatic nitrogens is 3. The molecule has 0 bridgehead atoms. The fourth-order valence-corrected chi connectivity index (χ4v) is 2.57. The number of hydrogen-bond donors (Lipinski definition) is 1. The second-order valence-corrected chi connectivity index (χ2v) is 5.42. The van der Waals surface area contributed by atoms with Crippen LogP contribution in [0.5, 0.6) is 5.88 Å². The maximum atomic E-state index is 12.5. The molecule has 0 atom stereocenters. The van der Waals surface area contributed by atoms with Crippen LogP contribution in [0.2, 0.25) is 0 Å². The van der Waals surface area contributed by atoms with Crippen LogP contribution in [0.15, 0.2) is 46.8 Å². The van der Waals surface area contributed by atoms with Gasteiger partial charge >= 0.3 is 6.18 Å². The Morgan fingerprint density at radius 2 is 2.00 bits per heavy atom. The Bertz CT molecular complexity index is 988. The van der Waals surface area contributed by atoms with E-state index in [9.17, 15) is 23.1 Å². The van der Waals surface area contributed by atoms with Gasteiger partial charge in [0.1, 0.15) is 6.54 Å². The Morgan fingerprint density at radius 1 is 1.27 bits per heavy atom. The van der Waals surface area contributed by atoms with E-state index in [-0.39, 0.29) is 11.6 Å². The molecule has 1 N–H and O–H groups in total. The van der Waals surface area contributed by atoms with Gasteiger partial charge < -0.3 is 9.67 Å². The monoisotopic (exact) mass is 365 g/mol. The number of rotatable bonds is 4. The Morgan fingerprint density at radius 3 is 2.65 bits per heavy atom. The van der Waals surface area contributed by atoms with Crippen molar-refractivity contribution in [1.29, 1.82) is 0 Å². The second kappa shape index (κ2) is 6.62. The zero-order chi connectivity index (χ0) is 18.9. The number of azo groups is 1. The van der Waals surface area contributed by atoms with E-state index in [1.165, 1.54) is 0 Å². The van der Waals surface area contributed by atoms with E-state index in [4.69, 9.17) is 0 Å². The molecule has 2 heterocycles. The fraction of sp³-hybridized carbons (Fsp3) is 0.250. The summed E-state index contributed by atoms with van der Waals surface area (Å²) in [6, 6.07) is 7.84. The Kier molecular flexibility index (Phi) is 4.49. The molecule has 0 saturated carbocycles. The van der Waals surface area contributed by atoms with Crippen LogP contribution in [0.4, 0.5) is 18.9 Å². The largest absolute Gasteiger partial charge is 0.493 e. The zero-order valence-electron chi connectivity index (χ0n) is 13.6. The van der Waals surface area contributed by atoms with Crippen molar-refractivity contribution in [3.05, 3.63) is 42.2 Å². The first-order valence-corrected chi connectivity index (χ1v) is 7.66.